The zero-order valence-electron chi connectivity index (χ0n) is 16.0. The third kappa shape index (κ3) is 5.90. The van der Waals surface area contributed by atoms with E-state index in [0.717, 1.165) is 11.1 Å². The van der Waals surface area contributed by atoms with Crippen LogP contribution in [0.15, 0.2) is 42.5 Å². The number of amides is 2. The van der Waals surface area contributed by atoms with E-state index >= 15 is 0 Å². The average Bonchev–Trinajstić information content (AvgIpc) is 2.67. The highest BCUT2D eigenvalue weighted by atomic mass is 19.1. The van der Waals surface area contributed by atoms with Gasteiger partial charge >= 0.3 is 0 Å². The van der Waals surface area contributed by atoms with Gasteiger partial charge in [-0.15, -0.1) is 0 Å². The lowest BCUT2D eigenvalue weighted by atomic mass is 10.0. The van der Waals surface area contributed by atoms with Crippen LogP contribution in [-0.4, -0.2) is 23.7 Å². The van der Waals surface area contributed by atoms with Gasteiger partial charge < -0.3 is 4.74 Å². The Bertz CT molecular complexity index is 882. The summed E-state index contributed by atoms with van der Waals surface area (Å²) < 4.78 is 18.8. The largest absolute Gasteiger partial charge is 0.478 e. The van der Waals surface area contributed by atoms with Gasteiger partial charge in [-0.1, -0.05) is 24.3 Å². The van der Waals surface area contributed by atoms with E-state index in [-0.39, 0.29) is 24.4 Å². The monoisotopic (exact) mass is 386 g/mol. The Balaban J connectivity index is 1.76. The van der Waals surface area contributed by atoms with Gasteiger partial charge in [0, 0.05) is 18.4 Å². The number of nitrogens with one attached hydrogen (secondary N) is 2. The molecule has 0 aliphatic rings. The van der Waals surface area contributed by atoms with Gasteiger partial charge in [0.05, 0.1) is 0 Å². The molecule has 6 nitrogen and oxygen atoms in total. The number of rotatable bonds is 7. The molecule has 1 atom stereocenters. The van der Waals surface area contributed by atoms with E-state index in [1.54, 1.807) is 18.2 Å². The summed E-state index contributed by atoms with van der Waals surface area (Å²) in [5, 5.41) is 0. The Kier molecular flexibility index (Phi) is 7.26. The number of ketones is 1. The van der Waals surface area contributed by atoms with E-state index in [4.69, 9.17) is 4.74 Å². The molecular weight excluding hydrogens is 363 g/mol. The van der Waals surface area contributed by atoms with Crippen molar-refractivity contribution >= 4 is 17.6 Å². The average molecular weight is 386 g/mol. The number of ether oxygens (including phenoxy) is 1. The molecule has 2 aromatic carbocycles. The van der Waals surface area contributed by atoms with Gasteiger partial charge in [-0.3, -0.25) is 25.2 Å². The number of carbonyl (C=O) groups is 3. The predicted octanol–water partition coefficient (Wildman–Crippen LogP) is 3.02. The molecule has 0 heterocycles. The van der Waals surface area contributed by atoms with Crippen LogP contribution in [0.5, 0.6) is 5.75 Å². The molecule has 0 saturated heterocycles. The summed E-state index contributed by atoms with van der Waals surface area (Å²) in [4.78, 5) is 36.0. The third-order valence-electron chi connectivity index (χ3n) is 4.24. The number of benzene rings is 2. The van der Waals surface area contributed by atoms with E-state index in [1.165, 1.54) is 25.1 Å². The minimum absolute atomic E-state index is 0.0193. The molecule has 0 aliphatic heterocycles. The molecule has 2 N–H and O–H groups in total. The molecule has 2 rings (SSSR count). The maximum Gasteiger partial charge on any atom is 0.279 e. The van der Waals surface area contributed by atoms with Gasteiger partial charge in [0.2, 0.25) is 5.91 Å². The van der Waals surface area contributed by atoms with E-state index < -0.39 is 23.7 Å². The number of halogens is 1. The first kappa shape index (κ1) is 21.1. The fourth-order valence-electron chi connectivity index (χ4n) is 2.37. The SMILES string of the molecule is Cc1ccc(C(=O)CCC(=O)NNC(=O)C(C)Oc2ccccc2F)cc1C. The highest BCUT2D eigenvalue weighted by Gasteiger charge is 2.17. The van der Waals surface area contributed by atoms with Crippen molar-refractivity contribution in [2.75, 3.05) is 0 Å². The smallest absolute Gasteiger partial charge is 0.279 e. The van der Waals surface area contributed by atoms with Crippen molar-refractivity contribution in [2.45, 2.75) is 39.7 Å². The molecule has 2 aromatic rings. The molecule has 0 aromatic heterocycles. The normalized spacial score (nSPS) is 11.4. The summed E-state index contributed by atoms with van der Waals surface area (Å²) in [6.07, 6.45) is -1.07. The van der Waals surface area contributed by atoms with E-state index in [0.29, 0.717) is 5.56 Å². The summed E-state index contributed by atoms with van der Waals surface area (Å²) in [6.45, 7) is 5.30. The number of carbonyl (C=O) groups excluding carboxylic acids is 3. The van der Waals surface area contributed by atoms with Crippen LogP contribution >= 0.6 is 0 Å². The van der Waals surface area contributed by atoms with Crippen LogP contribution in [0.2, 0.25) is 0 Å². The van der Waals surface area contributed by atoms with Crippen LogP contribution in [-0.2, 0) is 9.59 Å². The van der Waals surface area contributed by atoms with Crippen LogP contribution in [0.1, 0.15) is 41.3 Å². The quantitative estimate of drug-likeness (QED) is 0.566. The van der Waals surface area contributed by atoms with Gasteiger partial charge in [-0.25, -0.2) is 4.39 Å². The molecular formula is C21H23FN2O4. The summed E-state index contributed by atoms with van der Waals surface area (Å²) in [5.41, 5.74) is 7.07. The lowest BCUT2D eigenvalue weighted by molar-refractivity contribution is -0.132. The molecule has 0 radical (unpaired) electrons. The highest BCUT2D eigenvalue weighted by Crippen LogP contribution is 2.17. The predicted molar refractivity (Wildman–Crippen MR) is 102 cm³/mol. The van der Waals surface area contributed by atoms with Crippen LogP contribution < -0.4 is 15.6 Å². The minimum atomic E-state index is -1.02. The van der Waals surface area contributed by atoms with Crippen molar-refractivity contribution in [2.24, 2.45) is 0 Å². The van der Waals surface area contributed by atoms with Crippen molar-refractivity contribution < 1.29 is 23.5 Å². The van der Waals surface area contributed by atoms with Crippen LogP contribution in [0.4, 0.5) is 4.39 Å². The number of hydrazine groups is 1. The molecule has 28 heavy (non-hydrogen) atoms. The summed E-state index contributed by atoms with van der Waals surface area (Å²) >= 11 is 0. The van der Waals surface area contributed by atoms with Gasteiger partial charge in [0.15, 0.2) is 23.5 Å². The van der Waals surface area contributed by atoms with E-state index in [2.05, 4.69) is 10.9 Å². The van der Waals surface area contributed by atoms with Gasteiger partial charge in [-0.05, 0) is 50.1 Å². The lowest BCUT2D eigenvalue weighted by Gasteiger charge is -2.15. The van der Waals surface area contributed by atoms with Crippen molar-refractivity contribution in [1.82, 2.24) is 10.9 Å². The van der Waals surface area contributed by atoms with Gasteiger partial charge in [0.1, 0.15) is 0 Å². The minimum Gasteiger partial charge on any atom is -0.478 e. The standard InChI is InChI=1S/C21H23FN2O4/c1-13-8-9-16(12-14(13)2)18(25)10-11-20(26)23-24-21(27)15(3)28-19-7-5-4-6-17(19)22/h4-9,12,15H,10-11H2,1-3H3,(H,23,26)(H,24,27). The molecule has 7 heteroatoms. The Morgan fingerprint density at radius 2 is 1.71 bits per heavy atom. The van der Waals surface area contributed by atoms with Crippen LogP contribution in [0.25, 0.3) is 0 Å². The second-order valence-corrected chi connectivity index (χ2v) is 6.45. The number of aryl methyl sites for hydroxylation is 2. The maximum atomic E-state index is 13.5. The molecule has 0 aliphatic carbocycles. The molecule has 0 bridgehead atoms. The second-order valence-electron chi connectivity index (χ2n) is 6.45. The molecule has 148 valence electrons. The van der Waals surface area contributed by atoms with E-state index in [9.17, 15) is 18.8 Å². The zero-order valence-corrected chi connectivity index (χ0v) is 16.0. The Morgan fingerprint density at radius 1 is 1.00 bits per heavy atom. The third-order valence-corrected chi connectivity index (χ3v) is 4.24. The van der Waals surface area contributed by atoms with Crippen LogP contribution in [0.3, 0.4) is 0 Å². The highest BCUT2D eigenvalue weighted by molar-refractivity contribution is 5.98. The Morgan fingerprint density at radius 3 is 2.39 bits per heavy atom. The topological polar surface area (TPSA) is 84.5 Å². The molecule has 1 unspecified atom stereocenters. The first-order chi connectivity index (χ1) is 13.3. The van der Waals surface area contributed by atoms with Gasteiger partial charge in [-0.2, -0.15) is 0 Å². The Labute approximate surface area is 163 Å². The summed E-state index contributed by atoms with van der Waals surface area (Å²) in [6, 6.07) is 11.1. The molecule has 2 amide bonds. The fraction of sp³-hybridized carbons (Fsp3) is 0.286. The molecule has 0 saturated carbocycles. The van der Waals surface area contributed by atoms with Crippen molar-refractivity contribution in [3.63, 3.8) is 0 Å². The van der Waals surface area contributed by atoms with Crippen LogP contribution in [0, 0.1) is 19.7 Å². The van der Waals surface area contributed by atoms with Crippen molar-refractivity contribution in [3.8, 4) is 5.75 Å². The number of Topliss-reactive ketones (excluding diaryl/α,β-unsaturated/α-hetero) is 1. The first-order valence-electron chi connectivity index (χ1n) is 8.88. The molecule has 0 fully saturated rings. The van der Waals surface area contributed by atoms with Gasteiger partial charge in [0.25, 0.3) is 5.91 Å². The summed E-state index contributed by atoms with van der Waals surface area (Å²) in [7, 11) is 0. The molecule has 0 spiro atoms. The maximum absolute atomic E-state index is 13.5. The van der Waals surface area contributed by atoms with E-state index in [1.807, 2.05) is 19.9 Å². The number of para-hydroxylation sites is 1. The lowest BCUT2D eigenvalue weighted by Crippen LogP contribution is -2.47. The number of hydrogen-bond acceptors (Lipinski definition) is 4. The number of hydrogen-bond donors (Lipinski definition) is 2. The summed E-state index contributed by atoms with van der Waals surface area (Å²) in [5.74, 6) is -1.95. The van der Waals surface area contributed by atoms with Crippen molar-refractivity contribution in [3.05, 3.63) is 65.0 Å². The zero-order chi connectivity index (χ0) is 20.7. The van der Waals surface area contributed by atoms with Crippen molar-refractivity contribution in [1.29, 1.82) is 0 Å². The fourth-order valence-corrected chi connectivity index (χ4v) is 2.37. The first-order valence-corrected chi connectivity index (χ1v) is 8.88. The Hall–Kier alpha value is -3.22. The second kappa shape index (κ2) is 9.64.